The van der Waals surface area contributed by atoms with Crippen molar-refractivity contribution in [1.29, 1.82) is 0 Å². The average molecular weight is 538 g/mol. The van der Waals surface area contributed by atoms with Gasteiger partial charge in [0.05, 0.1) is 13.2 Å². The van der Waals surface area contributed by atoms with Crippen molar-refractivity contribution >= 4 is 35.0 Å². The van der Waals surface area contributed by atoms with Crippen molar-refractivity contribution in [2.75, 3.05) is 13.2 Å². The summed E-state index contributed by atoms with van der Waals surface area (Å²) in [7, 11) is 0. The summed E-state index contributed by atoms with van der Waals surface area (Å²) in [5.41, 5.74) is 1.70. The van der Waals surface area contributed by atoms with E-state index >= 15 is 0 Å². The molecular weight excluding hydrogens is 499 g/mol. The van der Waals surface area contributed by atoms with Gasteiger partial charge >= 0.3 is 0 Å². The van der Waals surface area contributed by atoms with E-state index in [1.807, 2.05) is 52.8 Å². The predicted molar refractivity (Wildman–Crippen MR) is 146 cm³/mol. The van der Waals surface area contributed by atoms with Crippen molar-refractivity contribution < 1.29 is 19.1 Å². The fraction of sp³-hybridized carbons (Fsp3) is 0.500. The highest BCUT2D eigenvalue weighted by atomic mass is 35.5. The Hall–Kier alpha value is -2.44. The molecule has 2 aromatic rings. The highest BCUT2D eigenvalue weighted by Gasteiger charge is 2.29. The normalized spacial score (nSPS) is 12.5. The van der Waals surface area contributed by atoms with Crippen molar-refractivity contribution in [2.24, 2.45) is 0 Å². The molecule has 0 spiro atoms. The molecule has 0 saturated heterocycles. The van der Waals surface area contributed by atoms with Gasteiger partial charge in [-0.15, -0.1) is 0 Å². The van der Waals surface area contributed by atoms with Gasteiger partial charge in [0.15, 0.2) is 11.5 Å². The second-order valence-corrected chi connectivity index (χ2v) is 9.49. The Balaban J connectivity index is 2.27. The smallest absolute Gasteiger partial charge is 0.243 e. The van der Waals surface area contributed by atoms with Gasteiger partial charge in [-0.05, 0) is 75.4 Å². The molecule has 6 nitrogen and oxygen atoms in total. The second kappa shape index (κ2) is 15.0. The van der Waals surface area contributed by atoms with E-state index in [-0.39, 0.29) is 30.8 Å². The van der Waals surface area contributed by atoms with Crippen LogP contribution in [0.1, 0.15) is 65.0 Å². The molecule has 2 aromatic carbocycles. The summed E-state index contributed by atoms with van der Waals surface area (Å²) in [5, 5.41) is 4.00. The quantitative estimate of drug-likeness (QED) is 0.301. The summed E-state index contributed by atoms with van der Waals surface area (Å²) in [4.78, 5) is 28.3. The molecule has 1 N–H and O–H groups in total. The number of benzene rings is 2. The molecule has 0 aromatic heterocycles. The van der Waals surface area contributed by atoms with E-state index in [1.54, 1.807) is 23.1 Å². The van der Waals surface area contributed by atoms with Gasteiger partial charge in [-0.25, -0.2) is 0 Å². The molecule has 0 radical (unpaired) electrons. The summed E-state index contributed by atoms with van der Waals surface area (Å²) < 4.78 is 11.4. The maximum Gasteiger partial charge on any atom is 0.243 e. The summed E-state index contributed by atoms with van der Waals surface area (Å²) >= 11 is 12.5. The van der Waals surface area contributed by atoms with Crippen LogP contribution in [0.25, 0.3) is 0 Å². The van der Waals surface area contributed by atoms with Crippen LogP contribution in [0.2, 0.25) is 10.0 Å². The molecule has 0 heterocycles. The van der Waals surface area contributed by atoms with Crippen molar-refractivity contribution in [3.8, 4) is 11.5 Å². The van der Waals surface area contributed by atoms with Crippen LogP contribution >= 0.6 is 23.2 Å². The van der Waals surface area contributed by atoms with Crippen LogP contribution in [0, 0.1) is 0 Å². The molecule has 0 aliphatic heterocycles. The summed E-state index contributed by atoms with van der Waals surface area (Å²) in [6.45, 7) is 11.0. The lowest BCUT2D eigenvalue weighted by Gasteiger charge is -2.32. The molecule has 0 bridgehead atoms. The van der Waals surface area contributed by atoms with E-state index in [0.29, 0.717) is 47.6 Å². The predicted octanol–water partition coefficient (Wildman–Crippen LogP) is 6.45. The number of aryl methyl sites for hydroxylation is 1. The van der Waals surface area contributed by atoms with Gasteiger partial charge in [0, 0.05) is 29.1 Å². The van der Waals surface area contributed by atoms with Crippen LogP contribution in [-0.4, -0.2) is 42.0 Å². The molecule has 2 rings (SSSR count). The monoisotopic (exact) mass is 536 g/mol. The van der Waals surface area contributed by atoms with Gasteiger partial charge in [0.1, 0.15) is 6.04 Å². The van der Waals surface area contributed by atoms with Gasteiger partial charge in [0.25, 0.3) is 0 Å². The zero-order valence-electron chi connectivity index (χ0n) is 21.9. The van der Waals surface area contributed by atoms with Crippen LogP contribution in [0.15, 0.2) is 36.4 Å². The number of nitrogens with one attached hydrogen (secondary N) is 1. The lowest BCUT2D eigenvalue weighted by molar-refractivity contribution is -0.141. The lowest BCUT2D eigenvalue weighted by Crippen LogP contribution is -2.50. The number of ether oxygens (including phenoxy) is 2. The SMILES string of the molecule is CCOc1ccc(CCC(=O)N(Cc2ccc(Cl)cc2Cl)[C@H](CC)C(=O)N[C@@H](C)CC)cc1OCC. The molecule has 2 amide bonds. The summed E-state index contributed by atoms with van der Waals surface area (Å²) in [5.74, 6) is 1.05. The van der Waals surface area contributed by atoms with Crippen LogP contribution in [0.4, 0.5) is 0 Å². The molecule has 36 heavy (non-hydrogen) atoms. The standard InChI is InChI=1S/C28H38Cl2N2O4/c1-6-19(5)31-28(34)24(7-2)32(18-21-12-13-22(29)17-23(21)30)27(33)15-11-20-10-14-25(35-8-3)26(16-20)36-9-4/h10,12-14,16-17,19,24H,6-9,11,15,18H2,1-5H3,(H,31,34)/t19-,24+/m0/s1. The number of hydrogen-bond donors (Lipinski definition) is 1. The van der Waals surface area contributed by atoms with Crippen LogP contribution in [0.3, 0.4) is 0 Å². The molecule has 0 saturated carbocycles. The summed E-state index contributed by atoms with van der Waals surface area (Å²) in [6.07, 6.45) is 2.02. The highest BCUT2D eigenvalue weighted by molar-refractivity contribution is 6.35. The largest absolute Gasteiger partial charge is 0.490 e. The van der Waals surface area contributed by atoms with E-state index in [9.17, 15) is 9.59 Å². The molecule has 0 aliphatic carbocycles. The highest BCUT2D eigenvalue weighted by Crippen LogP contribution is 2.29. The molecular formula is C28H38Cl2N2O4. The third kappa shape index (κ3) is 8.59. The zero-order valence-corrected chi connectivity index (χ0v) is 23.4. The first-order valence-electron chi connectivity index (χ1n) is 12.7. The van der Waals surface area contributed by atoms with Gasteiger partial charge in [-0.2, -0.15) is 0 Å². The van der Waals surface area contributed by atoms with E-state index in [4.69, 9.17) is 32.7 Å². The molecule has 0 fully saturated rings. The first kappa shape index (κ1) is 29.8. The minimum atomic E-state index is -0.613. The van der Waals surface area contributed by atoms with Crippen LogP contribution in [-0.2, 0) is 22.6 Å². The first-order chi connectivity index (χ1) is 17.2. The molecule has 0 aliphatic rings. The van der Waals surface area contributed by atoms with E-state index < -0.39 is 6.04 Å². The number of hydrogen-bond acceptors (Lipinski definition) is 4. The molecule has 8 heteroatoms. The van der Waals surface area contributed by atoms with Crippen LogP contribution in [0.5, 0.6) is 11.5 Å². The molecule has 2 atom stereocenters. The Labute approximate surface area is 225 Å². The van der Waals surface area contributed by atoms with Crippen molar-refractivity contribution in [1.82, 2.24) is 10.2 Å². The third-order valence-corrected chi connectivity index (χ3v) is 6.57. The van der Waals surface area contributed by atoms with Crippen LogP contribution < -0.4 is 14.8 Å². The first-order valence-corrected chi connectivity index (χ1v) is 13.4. The number of nitrogens with zero attached hydrogens (tertiary/aromatic N) is 1. The zero-order chi connectivity index (χ0) is 26.7. The van der Waals surface area contributed by atoms with Gasteiger partial charge < -0.3 is 19.7 Å². The molecule has 0 unspecified atom stereocenters. The molecule has 198 valence electrons. The minimum Gasteiger partial charge on any atom is -0.490 e. The van der Waals surface area contributed by atoms with Gasteiger partial charge in [-0.1, -0.05) is 49.2 Å². The Kier molecular flexibility index (Phi) is 12.4. The van der Waals surface area contributed by atoms with E-state index in [2.05, 4.69) is 5.32 Å². The number of halogens is 2. The average Bonchev–Trinajstić information content (AvgIpc) is 2.85. The Morgan fingerprint density at radius 2 is 1.64 bits per heavy atom. The Morgan fingerprint density at radius 1 is 0.944 bits per heavy atom. The number of carbonyl (C=O) groups is 2. The number of rotatable bonds is 14. The van der Waals surface area contributed by atoms with Gasteiger partial charge in [0.2, 0.25) is 11.8 Å². The third-order valence-electron chi connectivity index (χ3n) is 5.98. The van der Waals surface area contributed by atoms with Crippen molar-refractivity contribution in [2.45, 2.75) is 78.9 Å². The fourth-order valence-corrected chi connectivity index (χ4v) is 4.31. The van der Waals surface area contributed by atoms with E-state index in [0.717, 1.165) is 17.5 Å². The summed E-state index contributed by atoms with van der Waals surface area (Å²) in [6, 6.07) is 10.3. The maximum atomic E-state index is 13.6. The number of amides is 2. The minimum absolute atomic E-state index is 0.0171. The topological polar surface area (TPSA) is 67.9 Å². The Bertz CT molecular complexity index is 1020. The Morgan fingerprint density at radius 3 is 2.25 bits per heavy atom. The number of carbonyl (C=O) groups excluding carboxylic acids is 2. The fourth-order valence-electron chi connectivity index (χ4n) is 3.84. The van der Waals surface area contributed by atoms with Crippen molar-refractivity contribution in [3.05, 3.63) is 57.6 Å². The van der Waals surface area contributed by atoms with Gasteiger partial charge in [-0.3, -0.25) is 9.59 Å². The van der Waals surface area contributed by atoms with Crippen molar-refractivity contribution in [3.63, 3.8) is 0 Å². The lowest BCUT2D eigenvalue weighted by atomic mass is 10.0. The maximum absolute atomic E-state index is 13.6. The second-order valence-electron chi connectivity index (χ2n) is 8.65. The van der Waals surface area contributed by atoms with E-state index in [1.165, 1.54) is 0 Å².